The van der Waals surface area contributed by atoms with Crippen LogP contribution in [0.15, 0.2) is 36.4 Å². The Kier molecular flexibility index (Phi) is 6.76. The summed E-state index contributed by atoms with van der Waals surface area (Å²) in [6.07, 6.45) is 6.03. The Bertz CT molecular complexity index is 618. The zero-order valence-electron chi connectivity index (χ0n) is 15.2. The van der Waals surface area contributed by atoms with E-state index in [0.29, 0.717) is 18.0 Å². The highest BCUT2D eigenvalue weighted by Crippen LogP contribution is 2.39. The maximum atomic E-state index is 12.3. The number of ether oxygens (including phenoxy) is 1. The van der Waals surface area contributed by atoms with Gasteiger partial charge in [0.1, 0.15) is 11.5 Å². The van der Waals surface area contributed by atoms with E-state index >= 15 is 0 Å². The van der Waals surface area contributed by atoms with E-state index in [9.17, 15) is 9.59 Å². The summed E-state index contributed by atoms with van der Waals surface area (Å²) in [7, 11) is 1.60. The van der Waals surface area contributed by atoms with Crippen LogP contribution in [0.3, 0.4) is 0 Å². The molecule has 2 rings (SSSR count). The monoisotopic (exact) mass is 344 g/mol. The zero-order chi connectivity index (χ0) is 18.4. The molecule has 1 aromatic rings. The normalized spacial score (nSPS) is 16.7. The van der Waals surface area contributed by atoms with E-state index in [4.69, 9.17) is 10.5 Å². The fourth-order valence-corrected chi connectivity index (χ4v) is 2.73. The van der Waals surface area contributed by atoms with Crippen LogP contribution in [0, 0.1) is 17.8 Å². The van der Waals surface area contributed by atoms with Crippen molar-refractivity contribution in [2.24, 2.45) is 23.5 Å². The average Bonchev–Trinajstić information content (AvgIpc) is 3.43. The van der Waals surface area contributed by atoms with E-state index in [1.165, 1.54) is 6.08 Å². The molecule has 1 amide bonds. The summed E-state index contributed by atoms with van der Waals surface area (Å²) in [6, 6.07) is 6.72. The lowest BCUT2D eigenvalue weighted by Crippen LogP contribution is -2.36. The van der Waals surface area contributed by atoms with Gasteiger partial charge in [-0.2, -0.15) is 0 Å². The molecule has 0 radical (unpaired) electrons. The van der Waals surface area contributed by atoms with Crippen molar-refractivity contribution in [1.29, 1.82) is 0 Å². The second kappa shape index (κ2) is 8.81. The molecule has 3 N–H and O–H groups in total. The van der Waals surface area contributed by atoms with Gasteiger partial charge in [0.2, 0.25) is 5.91 Å². The Hall–Kier alpha value is -2.14. The molecule has 0 bridgehead atoms. The van der Waals surface area contributed by atoms with Crippen LogP contribution in [0.2, 0.25) is 0 Å². The minimum atomic E-state index is -0.428. The van der Waals surface area contributed by atoms with Crippen LogP contribution in [-0.2, 0) is 9.59 Å². The van der Waals surface area contributed by atoms with Crippen molar-refractivity contribution in [1.82, 2.24) is 0 Å². The second-order valence-electron chi connectivity index (χ2n) is 7.02. The molecule has 136 valence electrons. The average molecular weight is 344 g/mol. The number of nitrogens with one attached hydrogen (secondary N) is 1. The number of carbonyl (C=O) groups excluding carboxylic acids is 2. The third kappa shape index (κ3) is 6.02. The van der Waals surface area contributed by atoms with Gasteiger partial charge in [-0.1, -0.05) is 19.9 Å². The van der Waals surface area contributed by atoms with Crippen LogP contribution in [0.5, 0.6) is 5.75 Å². The third-order valence-electron chi connectivity index (χ3n) is 4.61. The summed E-state index contributed by atoms with van der Waals surface area (Å²) < 4.78 is 5.09. The molecule has 0 saturated heterocycles. The van der Waals surface area contributed by atoms with Crippen molar-refractivity contribution < 1.29 is 14.3 Å². The Labute approximate surface area is 149 Å². The Morgan fingerprint density at radius 1 is 1.28 bits per heavy atom. The summed E-state index contributed by atoms with van der Waals surface area (Å²) in [5.74, 6) is 1.34. The van der Waals surface area contributed by atoms with Crippen LogP contribution in [0.25, 0.3) is 0 Å². The molecule has 1 aromatic carbocycles. The first-order valence-corrected chi connectivity index (χ1v) is 8.82. The molecule has 1 aliphatic carbocycles. The number of ketones is 1. The molecule has 0 unspecified atom stereocenters. The van der Waals surface area contributed by atoms with Crippen LogP contribution >= 0.6 is 0 Å². The summed E-state index contributed by atoms with van der Waals surface area (Å²) in [5, 5.41) is 2.81. The van der Waals surface area contributed by atoms with E-state index in [1.807, 2.05) is 19.9 Å². The maximum Gasteiger partial charge on any atom is 0.248 e. The van der Waals surface area contributed by atoms with Gasteiger partial charge in [-0.25, -0.2) is 0 Å². The van der Waals surface area contributed by atoms with Crippen LogP contribution in [-0.4, -0.2) is 24.8 Å². The third-order valence-corrected chi connectivity index (χ3v) is 4.61. The fourth-order valence-electron chi connectivity index (χ4n) is 2.73. The molecule has 5 heteroatoms. The van der Waals surface area contributed by atoms with E-state index in [-0.39, 0.29) is 23.5 Å². The first kappa shape index (κ1) is 19.2. The van der Waals surface area contributed by atoms with Gasteiger partial charge >= 0.3 is 0 Å². The van der Waals surface area contributed by atoms with Gasteiger partial charge in [0.25, 0.3) is 0 Å². The number of rotatable bonds is 9. The van der Waals surface area contributed by atoms with Gasteiger partial charge in [0.15, 0.2) is 0 Å². The predicted octanol–water partition coefficient (Wildman–Crippen LogP) is 3.16. The Morgan fingerprint density at radius 3 is 2.44 bits per heavy atom. The number of Topliss-reactive ketones (excluding diaryl/α,β-unsaturated/α-hetero) is 1. The van der Waals surface area contributed by atoms with Crippen molar-refractivity contribution in [3.8, 4) is 5.75 Å². The van der Waals surface area contributed by atoms with Gasteiger partial charge in [-0.05, 0) is 60.9 Å². The van der Waals surface area contributed by atoms with E-state index in [2.05, 4.69) is 5.32 Å². The number of anilines is 1. The first-order valence-electron chi connectivity index (χ1n) is 8.82. The highest BCUT2D eigenvalue weighted by Gasteiger charge is 2.32. The zero-order valence-corrected chi connectivity index (χ0v) is 15.2. The fraction of sp³-hybridized carbons (Fsp3) is 0.500. The van der Waals surface area contributed by atoms with Crippen molar-refractivity contribution in [3.63, 3.8) is 0 Å². The molecule has 0 spiro atoms. The largest absolute Gasteiger partial charge is 0.497 e. The molecular formula is C20H28N2O3. The number of hydrogen-bond donors (Lipinski definition) is 2. The van der Waals surface area contributed by atoms with Gasteiger partial charge in [-0.3, -0.25) is 9.59 Å². The Balaban J connectivity index is 1.91. The number of allylic oxidation sites excluding steroid dienone is 1. The quantitative estimate of drug-likeness (QED) is 0.674. The minimum absolute atomic E-state index is 0.0760. The van der Waals surface area contributed by atoms with E-state index in [1.54, 1.807) is 31.4 Å². The molecule has 1 saturated carbocycles. The number of amides is 1. The summed E-state index contributed by atoms with van der Waals surface area (Å²) in [6.45, 7) is 3.90. The minimum Gasteiger partial charge on any atom is -0.497 e. The van der Waals surface area contributed by atoms with Crippen molar-refractivity contribution >= 4 is 17.4 Å². The molecule has 0 aromatic heterocycles. The molecule has 0 aliphatic heterocycles. The topological polar surface area (TPSA) is 81.4 Å². The molecule has 0 heterocycles. The highest BCUT2D eigenvalue weighted by atomic mass is 16.5. The number of carbonyl (C=O) groups is 2. The standard InChI is InChI=1S/C20H28N2O3/c1-13(2)20(21)18(23)12-15(14-4-5-14)6-11-19(24)22-16-7-9-17(25-3)10-8-16/h6-11,13-15,20H,4-5,12,21H2,1-3H3,(H,22,24)/b11-6+/t15-,20-/m0/s1. The SMILES string of the molecule is COc1ccc(NC(=O)/C=C/[C@@H](CC(=O)[C@@H](N)C(C)C)C2CC2)cc1. The number of methoxy groups -OCH3 is 1. The smallest absolute Gasteiger partial charge is 0.248 e. The molecule has 5 nitrogen and oxygen atoms in total. The lowest BCUT2D eigenvalue weighted by molar-refractivity contribution is -0.122. The number of benzene rings is 1. The van der Waals surface area contributed by atoms with Crippen molar-refractivity contribution in [2.45, 2.75) is 39.2 Å². The summed E-state index contributed by atoms with van der Waals surface area (Å²) in [5.41, 5.74) is 6.65. The molecular weight excluding hydrogens is 316 g/mol. The van der Waals surface area contributed by atoms with Gasteiger partial charge in [0.05, 0.1) is 13.2 Å². The van der Waals surface area contributed by atoms with Crippen LogP contribution < -0.4 is 15.8 Å². The molecule has 2 atom stereocenters. The summed E-state index contributed by atoms with van der Waals surface area (Å²) >= 11 is 0. The molecule has 25 heavy (non-hydrogen) atoms. The lowest BCUT2D eigenvalue weighted by Gasteiger charge is -2.17. The van der Waals surface area contributed by atoms with E-state index in [0.717, 1.165) is 18.6 Å². The van der Waals surface area contributed by atoms with E-state index < -0.39 is 6.04 Å². The van der Waals surface area contributed by atoms with Crippen molar-refractivity contribution in [2.75, 3.05) is 12.4 Å². The first-order chi connectivity index (χ1) is 11.9. The van der Waals surface area contributed by atoms with Crippen LogP contribution in [0.1, 0.15) is 33.1 Å². The number of nitrogens with two attached hydrogens (primary N) is 1. The van der Waals surface area contributed by atoms with Crippen molar-refractivity contribution in [3.05, 3.63) is 36.4 Å². The molecule has 1 aliphatic rings. The highest BCUT2D eigenvalue weighted by molar-refractivity contribution is 5.99. The molecule has 1 fully saturated rings. The second-order valence-corrected chi connectivity index (χ2v) is 7.02. The predicted molar refractivity (Wildman–Crippen MR) is 99.4 cm³/mol. The lowest BCUT2D eigenvalue weighted by atomic mass is 9.90. The number of hydrogen-bond acceptors (Lipinski definition) is 4. The van der Waals surface area contributed by atoms with Gasteiger partial charge in [0, 0.05) is 12.1 Å². The van der Waals surface area contributed by atoms with Crippen LogP contribution in [0.4, 0.5) is 5.69 Å². The Morgan fingerprint density at radius 2 is 1.92 bits per heavy atom. The summed E-state index contributed by atoms with van der Waals surface area (Å²) in [4.78, 5) is 24.4. The van der Waals surface area contributed by atoms with Gasteiger partial charge < -0.3 is 15.8 Å². The maximum absolute atomic E-state index is 12.3. The van der Waals surface area contributed by atoms with Gasteiger partial charge in [-0.15, -0.1) is 0 Å².